The quantitative estimate of drug-likeness (QED) is 0.282. The van der Waals surface area contributed by atoms with Crippen LogP contribution in [0, 0.1) is 0 Å². The lowest BCUT2D eigenvalue weighted by molar-refractivity contribution is 1.01. The second kappa shape index (κ2) is 6.81. The average molecular weight is 424 g/mol. The third-order valence-corrected chi connectivity index (χ3v) is 6.80. The summed E-state index contributed by atoms with van der Waals surface area (Å²) in [5.41, 5.74) is 7.32. The van der Waals surface area contributed by atoms with Crippen molar-refractivity contribution in [1.82, 2.24) is 14.1 Å². The third kappa shape index (κ3) is 2.60. The highest BCUT2D eigenvalue weighted by atomic mass is 15.1. The van der Waals surface area contributed by atoms with Crippen molar-refractivity contribution in [2.24, 2.45) is 7.05 Å². The van der Waals surface area contributed by atoms with E-state index in [1.54, 1.807) is 0 Å². The maximum atomic E-state index is 4.63. The van der Waals surface area contributed by atoms with Gasteiger partial charge in [0.2, 0.25) is 0 Å². The summed E-state index contributed by atoms with van der Waals surface area (Å²) < 4.78 is 4.53. The number of rotatable bonds is 2. The van der Waals surface area contributed by atoms with E-state index >= 15 is 0 Å². The maximum absolute atomic E-state index is 4.63. The topological polar surface area (TPSA) is 22.8 Å². The summed E-state index contributed by atoms with van der Waals surface area (Å²) in [5, 5.41) is 5.07. The number of benzene rings is 4. The first-order valence-corrected chi connectivity index (χ1v) is 11.2. The van der Waals surface area contributed by atoms with Gasteiger partial charge in [-0.15, -0.1) is 0 Å². The Morgan fingerprint density at radius 3 is 1.79 bits per heavy atom. The van der Waals surface area contributed by atoms with Crippen molar-refractivity contribution in [3.05, 3.63) is 109 Å². The predicted molar refractivity (Wildman–Crippen MR) is 138 cm³/mol. The predicted octanol–water partition coefficient (Wildman–Crippen LogP) is 7.49. The molecule has 3 nitrogen and oxygen atoms in total. The van der Waals surface area contributed by atoms with Crippen LogP contribution in [0.4, 0.5) is 0 Å². The fourth-order valence-corrected chi connectivity index (χ4v) is 5.23. The normalized spacial score (nSPS) is 11.8. The minimum atomic E-state index is 0.939. The average Bonchev–Trinajstić information content (AvgIpc) is 3.36. The van der Waals surface area contributed by atoms with Gasteiger partial charge in [-0.25, -0.2) is 4.98 Å². The smallest absolute Gasteiger partial charge is 0.137 e. The number of hydrogen-bond donors (Lipinski definition) is 0. The molecule has 3 aromatic heterocycles. The molecule has 0 aliphatic carbocycles. The second-order valence-electron chi connectivity index (χ2n) is 8.58. The first-order valence-electron chi connectivity index (χ1n) is 11.2. The summed E-state index contributed by atoms with van der Waals surface area (Å²) in [7, 11) is 2.14. The summed E-state index contributed by atoms with van der Waals surface area (Å²) >= 11 is 0. The summed E-state index contributed by atoms with van der Waals surface area (Å²) in [6, 6.07) is 36.9. The molecular weight excluding hydrogens is 402 g/mol. The van der Waals surface area contributed by atoms with E-state index in [4.69, 9.17) is 0 Å². The van der Waals surface area contributed by atoms with E-state index in [-0.39, 0.29) is 0 Å². The van der Waals surface area contributed by atoms with Crippen LogP contribution in [-0.2, 0) is 7.05 Å². The zero-order chi connectivity index (χ0) is 21.9. The number of para-hydroxylation sites is 2. The van der Waals surface area contributed by atoms with E-state index in [0.29, 0.717) is 0 Å². The summed E-state index contributed by atoms with van der Waals surface area (Å²) in [6.07, 6.45) is 1.85. The van der Waals surface area contributed by atoms with Gasteiger partial charge in [0.25, 0.3) is 0 Å². The molecule has 0 bridgehead atoms. The Kier molecular flexibility index (Phi) is 3.76. The van der Waals surface area contributed by atoms with E-state index in [2.05, 4.69) is 112 Å². The Morgan fingerprint density at radius 2 is 1.06 bits per heavy atom. The zero-order valence-electron chi connectivity index (χ0n) is 18.2. The van der Waals surface area contributed by atoms with Gasteiger partial charge >= 0.3 is 0 Å². The van der Waals surface area contributed by atoms with Gasteiger partial charge in [-0.1, -0.05) is 54.6 Å². The Labute approximate surface area is 191 Å². The highest BCUT2D eigenvalue weighted by Crippen LogP contribution is 2.36. The highest BCUT2D eigenvalue weighted by molar-refractivity contribution is 6.12. The number of nitrogens with zero attached hydrogens (tertiary/aromatic N) is 3. The van der Waals surface area contributed by atoms with E-state index < -0.39 is 0 Å². The van der Waals surface area contributed by atoms with Crippen LogP contribution < -0.4 is 0 Å². The molecular formula is C30H21N3. The number of aromatic nitrogens is 3. The fraction of sp³-hybridized carbons (Fsp3) is 0.0333. The molecule has 0 fully saturated rings. The SMILES string of the molecule is Cn1c2ccccc2c2cc(-c3ccc4c(c3)c3ccccc3n4-c3ccccn3)ccc21. The number of hydrogen-bond acceptors (Lipinski definition) is 1. The van der Waals surface area contributed by atoms with Crippen molar-refractivity contribution >= 4 is 43.6 Å². The molecule has 0 aliphatic rings. The van der Waals surface area contributed by atoms with Gasteiger partial charge in [-0.2, -0.15) is 0 Å². The van der Waals surface area contributed by atoms with Gasteiger partial charge < -0.3 is 4.57 Å². The molecule has 3 heteroatoms. The molecule has 7 aromatic rings. The van der Waals surface area contributed by atoms with E-state index in [1.165, 1.54) is 54.7 Å². The Bertz CT molecular complexity index is 1820. The first-order chi connectivity index (χ1) is 16.3. The van der Waals surface area contributed by atoms with Crippen LogP contribution >= 0.6 is 0 Å². The fourth-order valence-electron chi connectivity index (χ4n) is 5.23. The molecule has 0 amide bonds. The van der Waals surface area contributed by atoms with E-state index in [0.717, 1.165) is 5.82 Å². The third-order valence-electron chi connectivity index (χ3n) is 6.80. The van der Waals surface area contributed by atoms with Gasteiger partial charge in [0, 0.05) is 45.8 Å². The summed E-state index contributed by atoms with van der Waals surface area (Å²) in [4.78, 5) is 4.63. The van der Waals surface area contributed by atoms with Crippen LogP contribution in [-0.4, -0.2) is 14.1 Å². The van der Waals surface area contributed by atoms with Crippen LogP contribution in [0.3, 0.4) is 0 Å². The van der Waals surface area contributed by atoms with E-state index in [9.17, 15) is 0 Å². The van der Waals surface area contributed by atoms with Gasteiger partial charge in [0.05, 0.1) is 11.0 Å². The molecule has 0 atom stereocenters. The van der Waals surface area contributed by atoms with Crippen molar-refractivity contribution in [3.63, 3.8) is 0 Å². The minimum Gasteiger partial charge on any atom is -0.344 e. The van der Waals surface area contributed by atoms with Crippen LogP contribution in [0.2, 0.25) is 0 Å². The highest BCUT2D eigenvalue weighted by Gasteiger charge is 2.14. The maximum Gasteiger partial charge on any atom is 0.137 e. The Balaban J connectivity index is 1.49. The second-order valence-corrected chi connectivity index (χ2v) is 8.58. The summed E-state index contributed by atoms with van der Waals surface area (Å²) in [5.74, 6) is 0.939. The van der Waals surface area contributed by atoms with Crippen molar-refractivity contribution in [1.29, 1.82) is 0 Å². The molecule has 0 radical (unpaired) electrons. The molecule has 0 saturated heterocycles. The van der Waals surface area contributed by atoms with Crippen LogP contribution in [0.15, 0.2) is 109 Å². The van der Waals surface area contributed by atoms with Gasteiger partial charge in [0.15, 0.2) is 0 Å². The van der Waals surface area contributed by atoms with Crippen LogP contribution in [0.5, 0.6) is 0 Å². The van der Waals surface area contributed by atoms with E-state index in [1.807, 2.05) is 18.3 Å². The minimum absolute atomic E-state index is 0.939. The molecule has 33 heavy (non-hydrogen) atoms. The zero-order valence-corrected chi connectivity index (χ0v) is 18.2. The largest absolute Gasteiger partial charge is 0.344 e. The molecule has 0 aliphatic heterocycles. The summed E-state index contributed by atoms with van der Waals surface area (Å²) in [6.45, 7) is 0. The Morgan fingerprint density at radius 1 is 0.515 bits per heavy atom. The number of aryl methyl sites for hydroxylation is 1. The van der Waals surface area contributed by atoms with Crippen molar-refractivity contribution in [2.45, 2.75) is 0 Å². The van der Waals surface area contributed by atoms with Gasteiger partial charge in [-0.3, -0.25) is 4.57 Å². The van der Waals surface area contributed by atoms with Crippen LogP contribution in [0.1, 0.15) is 0 Å². The molecule has 156 valence electrons. The Hall–Kier alpha value is -4.37. The molecule has 3 heterocycles. The molecule has 0 saturated carbocycles. The lowest BCUT2D eigenvalue weighted by Crippen LogP contribution is -1.96. The lowest BCUT2D eigenvalue weighted by Gasteiger charge is -2.07. The molecule has 0 N–H and O–H groups in total. The van der Waals surface area contributed by atoms with Crippen LogP contribution in [0.25, 0.3) is 60.6 Å². The lowest BCUT2D eigenvalue weighted by atomic mass is 10.0. The molecule has 7 rings (SSSR count). The molecule has 0 unspecified atom stereocenters. The van der Waals surface area contributed by atoms with Crippen molar-refractivity contribution in [2.75, 3.05) is 0 Å². The first kappa shape index (κ1) is 18.2. The molecule has 4 aromatic carbocycles. The molecule has 0 spiro atoms. The van der Waals surface area contributed by atoms with Gasteiger partial charge in [0.1, 0.15) is 5.82 Å². The number of pyridine rings is 1. The van der Waals surface area contributed by atoms with Gasteiger partial charge in [-0.05, 0) is 59.7 Å². The van der Waals surface area contributed by atoms with Crippen molar-refractivity contribution < 1.29 is 0 Å². The standard InChI is InChI=1S/C30H21N3/c1-32-26-10-4-2-8-22(26)24-18-20(13-15-27(24)32)21-14-16-29-25(19-21)23-9-3-5-11-28(23)33(29)30-12-6-7-17-31-30/h2-19H,1H3. The number of fused-ring (bicyclic) bond motifs is 6. The van der Waals surface area contributed by atoms with Crippen molar-refractivity contribution in [3.8, 4) is 16.9 Å². The monoisotopic (exact) mass is 423 g/mol.